The third kappa shape index (κ3) is 5.36. The van der Waals surface area contributed by atoms with E-state index < -0.39 is 0 Å². The Morgan fingerprint density at radius 1 is 1.14 bits per heavy atom. The maximum absolute atomic E-state index is 12.2. The van der Waals surface area contributed by atoms with Gasteiger partial charge in [0.1, 0.15) is 5.75 Å². The molecule has 0 unspecified atom stereocenters. The first-order valence-corrected chi connectivity index (χ1v) is 10.4. The molecule has 28 heavy (non-hydrogen) atoms. The Morgan fingerprint density at radius 2 is 1.89 bits per heavy atom. The standard InChI is InChI=1S/C20H20BrN3O3S/c1-12-6-4-5-7-17(12)26-10-19-23-24-20(27-19)28-11-18(25)22-16-9-14(3)13(2)8-15(16)21/h4-9H,10-11H2,1-3H3,(H,22,25). The number of anilines is 1. The fourth-order valence-electron chi connectivity index (χ4n) is 2.40. The predicted molar refractivity (Wildman–Crippen MR) is 113 cm³/mol. The molecule has 1 amide bonds. The van der Waals surface area contributed by atoms with Crippen LogP contribution in [0.25, 0.3) is 0 Å². The third-order valence-corrected chi connectivity index (χ3v) is 5.55. The molecule has 3 rings (SSSR count). The van der Waals surface area contributed by atoms with Crippen molar-refractivity contribution in [1.82, 2.24) is 10.2 Å². The van der Waals surface area contributed by atoms with E-state index in [0.717, 1.165) is 32.6 Å². The first-order chi connectivity index (χ1) is 13.4. The molecule has 2 aromatic carbocycles. The lowest BCUT2D eigenvalue weighted by Crippen LogP contribution is -2.14. The molecule has 0 aliphatic carbocycles. The molecule has 6 nitrogen and oxygen atoms in total. The van der Waals surface area contributed by atoms with E-state index in [1.54, 1.807) is 0 Å². The van der Waals surface area contributed by atoms with Crippen molar-refractivity contribution in [2.24, 2.45) is 0 Å². The number of aromatic nitrogens is 2. The molecule has 0 aliphatic rings. The fourth-order valence-corrected chi connectivity index (χ4v) is 3.54. The molecular weight excluding hydrogens is 442 g/mol. The number of nitrogens with one attached hydrogen (secondary N) is 1. The largest absolute Gasteiger partial charge is 0.484 e. The summed E-state index contributed by atoms with van der Waals surface area (Å²) in [6.45, 7) is 6.18. The summed E-state index contributed by atoms with van der Waals surface area (Å²) >= 11 is 4.66. The molecule has 1 heterocycles. The van der Waals surface area contributed by atoms with Crippen molar-refractivity contribution in [3.63, 3.8) is 0 Å². The van der Waals surface area contributed by atoms with E-state index >= 15 is 0 Å². The maximum Gasteiger partial charge on any atom is 0.277 e. The van der Waals surface area contributed by atoms with Gasteiger partial charge in [-0.05, 0) is 71.6 Å². The molecule has 0 atom stereocenters. The van der Waals surface area contributed by atoms with Crippen LogP contribution in [-0.2, 0) is 11.4 Å². The van der Waals surface area contributed by atoms with Crippen molar-refractivity contribution in [1.29, 1.82) is 0 Å². The van der Waals surface area contributed by atoms with Crippen LogP contribution >= 0.6 is 27.7 Å². The van der Waals surface area contributed by atoms with Crippen molar-refractivity contribution in [2.45, 2.75) is 32.6 Å². The number of amides is 1. The van der Waals surface area contributed by atoms with Crippen LogP contribution in [0.3, 0.4) is 0 Å². The van der Waals surface area contributed by atoms with Crippen LogP contribution in [0.1, 0.15) is 22.6 Å². The zero-order valence-corrected chi connectivity index (χ0v) is 18.2. The summed E-state index contributed by atoms with van der Waals surface area (Å²) in [5, 5.41) is 11.1. The Balaban J connectivity index is 1.51. The van der Waals surface area contributed by atoms with E-state index in [2.05, 4.69) is 31.4 Å². The quantitative estimate of drug-likeness (QED) is 0.495. The van der Waals surface area contributed by atoms with Gasteiger partial charge in [-0.2, -0.15) is 0 Å². The summed E-state index contributed by atoms with van der Waals surface area (Å²) in [5.74, 6) is 1.15. The van der Waals surface area contributed by atoms with Crippen molar-refractivity contribution in [2.75, 3.05) is 11.1 Å². The van der Waals surface area contributed by atoms with Crippen LogP contribution in [-0.4, -0.2) is 21.9 Å². The molecule has 1 aromatic heterocycles. The van der Waals surface area contributed by atoms with Gasteiger partial charge in [0.05, 0.1) is 11.4 Å². The van der Waals surface area contributed by atoms with Crippen molar-refractivity contribution in [3.05, 3.63) is 63.5 Å². The molecule has 1 N–H and O–H groups in total. The lowest BCUT2D eigenvalue weighted by atomic mass is 10.1. The second-order valence-electron chi connectivity index (χ2n) is 6.27. The van der Waals surface area contributed by atoms with Gasteiger partial charge in [0.25, 0.3) is 11.1 Å². The Hall–Kier alpha value is -2.32. The van der Waals surface area contributed by atoms with Gasteiger partial charge in [-0.25, -0.2) is 0 Å². The normalized spacial score (nSPS) is 10.7. The summed E-state index contributed by atoms with van der Waals surface area (Å²) in [7, 11) is 0. The number of thioether (sulfide) groups is 1. The lowest BCUT2D eigenvalue weighted by Gasteiger charge is -2.09. The predicted octanol–water partition coefficient (Wildman–Crippen LogP) is 5.07. The highest BCUT2D eigenvalue weighted by Gasteiger charge is 2.12. The molecule has 0 spiro atoms. The van der Waals surface area contributed by atoms with Crippen LogP contribution in [0.2, 0.25) is 0 Å². The second-order valence-corrected chi connectivity index (χ2v) is 8.05. The van der Waals surface area contributed by atoms with Gasteiger partial charge in [-0.3, -0.25) is 4.79 Å². The molecule has 0 bridgehead atoms. The monoisotopic (exact) mass is 461 g/mol. The Kier molecular flexibility index (Phi) is 6.74. The molecule has 8 heteroatoms. The average molecular weight is 462 g/mol. The van der Waals surface area contributed by atoms with Crippen LogP contribution in [0.15, 0.2) is 50.5 Å². The molecule has 0 radical (unpaired) electrons. The summed E-state index contributed by atoms with van der Waals surface area (Å²) in [5.41, 5.74) is 4.05. The minimum atomic E-state index is -0.148. The Labute approximate surface area is 176 Å². The fraction of sp³-hybridized carbons (Fsp3) is 0.250. The van der Waals surface area contributed by atoms with Gasteiger partial charge in [-0.15, -0.1) is 10.2 Å². The number of hydrogen-bond donors (Lipinski definition) is 1. The third-order valence-electron chi connectivity index (χ3n) is 4.08. The number of halogens is 1. The van der Waals surface area contributed by atoms with Gasteiger partial charge in [0.15, 0.2) is 6.61 Å². The lowest BCUT2D eigenvalue weighted by molar-refractivity contribution is -0.113. The maximum atomic E-state index is 12.2. The van der Waals surface area contributed by atoms with Gasteiger partial charge >= 0.3 is 0 Å². The molecule has 0 saturated heterocycles. The summed E-state index contributed by atoms with van der Waals surface area (Å²) < 4.78 is 12.1. The average Bonchev–Trinajstić information content (AvgIpc) is 3.12. The Bertz CT molecular complexity index is 991. The van der Waals surface area contributed by atoms with Gasteiger partial charge < -0.3 is 14.5 Å². The first kappa shape index (κ1) is 20.4. The summed E-state index contributed by atoms with van der Waals surface area (Å²) in [4.78, 5) is 12.2. The van der Waals surface area contributed by atoms with E-state index in [0.29, 0.717) is 11.1 Å². The summed E-state index contributed by atoms with van der Waals surface area (Å²) in [6.07, 6.45) is 0. The van der Waals surface area contributed by atoms with E-state index in [9.17, 15) is 4.79 Å². The van der Waals surface area contributed by atoms with Crippen molar-refractivity contribution >= 4 is 39.3 Å². The molecular formula is C20H20BrN3O3S. The van der Waals surface area contributed by atoms with Gasteiger partial charge in [0.2, 0.25) is 5.91 Å². The number of ether oxygens (including phenoxy) is 1. The smallest absolute Gasteiger partial charge is 0.277 e. The first-order valence-electron chi connectivity index (χ1n) is 8.62. The number of carbonyl (C=O) groups is 1. The van der Waals surface area contributed by atoms with Gasteiger partial charge in [0, 0.05) is 4.47 Å². The van der Waals surface area contributed by atoms with Crippen LogP contribution in [0.4, 0.5) is 5.69 Å². The van der Waals surface area contributed by atoms with Crippen LogP contribution in [0, 0.1) is 20.8 Å². The number of para-hydroxylation sites is 1. The minimum absolute atomic E-state index is 0.148. The molecule has 0 fully saturated rings. The highest BCUT2D eigenvalue weighted by molar-refractivity contribution is 9.10. The zero-order valence-electron chi connectivity index (χ0n) is 15.8. The highest BCUT2D eigenvalue weighted by Crippen LogP contribution is 2.27. The number of benzene rings is 2. The topological polar surface area (TPSA) is 77.2 Å². The van der Waals surface area contributed by atoms with Crippen molar-refractivity contribution < 1.29 is 13.9 Å². The molecule has 0 saturated carbocycles. The van der Waals surface area contributed by atoms with Crippen LogP contribution < -0.4 is 10.1 Å². The second kappa shape index (κ2) is 9.25. The van der Waals surface area contributed by atoms with Crippen molar-refractivity contribution in [3.8, 4) is 5.75 Å². The number of carbonyl (C=O) groups excluding carboxylic acids is 1. The van der Waals surface area contributed by atoms with E-state index in [1.165, 1.54) is 11.8 Å². The van der Waals surface area contributed by atoms with E-state index in [4.69, 9.17) is 9.15 Å². The number of aryl methyl sites for hydroxylation is 3. The van der Waals surface area contributed by atoms with Gasteiger partial charge in [-0.1, -0.05) is 30.0 Å². The van der Waals surface area contributed by atoms with E-state index in [1.807, 2.05) is 57.2 Å². The number of rotatable bonds is 7. The molecule has 146 valence electrons. The number of nitrogens with zero attached hydrogens (tertiary/aromatic N) is 2. The summed E-state index contributed by atoms with van der Waals surface area (Å²) in [6, 6.07) is 11.6. The minimum Gasteiger partial charge on any atom is -0.484 e. The van der Waals surface area contributed by atoms with Crippen LogP contribution in [0.5, 0.6) is 5.75 Å². The number of hydrogen-bond acceptors (Lipinski definition) is 6. The van der Waals surface area contributed by atoms with E-state index in [-0.39, 0.29) is 18.3 Å². The highest BCUT2D eigenvalue weighted by atomic mass is 79.9. The SMILES string of the molecule is Cc1cc(Br)c(NC(=O)CSc2nnc(COc3ccccc3C)o2)cc1C. The Morgan fingerprint density at radius 3 is 2.68 bits per heavy atom. The molecule has 3 aromatic rings. The molecule has 0 aliphatic heterocycles. The zero-order chi connectivity index (χ0) is 20.1.